The van der Waals surface area contributed by atoms with E-state index >= 15 is 0 Å². The van der Waals surface area contributed by atoms with Crippen LogP contribution in [-0.2, 0) is 7.05 Å². The minimum atomic E-state index is 0.333. The van der Waals surface area contributed by atoms with Crippen LogP contribution in [-0.4, -0.2) is 4.57 Å². The summed E-state index contributed by atoms with van der Waals surface area (Å²) >= 11 is 0. The zero-order valence-electron chi connectivity index (χ0n) is 35.2. The van der Waals surface area contributed by atoms with Crippen LogP contribution in [0, 0.1) is 6.92 Å². The summed E-state index contributed by atoms with van der Waals surface area (Å²) in [6.45, 7) is 11.4. The lowest BCUT2D eigenvalue weighted by molar-refractivity contribution is -0.633. The summed E-state index contributed by atoms with van der Waals surface area (Å²) in [4.78, 5) is 0. The summed E-state index contributed by atoms with van der Waals surface area (Å²) in [5.41, 5.74) is 19.7. The average Bonchev–Trinajstić information content (AvgIpc) is 3.80. The lowest BCUT2D eigenvalue weighted by Crippen LogP contribution is -2.30. The Balaban J connectivity index is 1.20. The molecule has 0 atom stereocenters. The molecule has 0 unspecified atom stereocenters. The highest BCUT2D eigenvalue weighted by Gasteiger charge is 2.33. The molecule has 10 rings (SSSR count). The molecule has 292 valence electrons. The third-order valence-corrected chi connectivity index (χ3v) is 12.4. The van der Waals surface area contributed by atoms with Gasteiger partial charge < -0.3 is 4.42 Å². The molecular formula is C57H49N2O+. The highest BCUT2D eigenvalue weighted by atomic mass is 16.3. The predicted molar refractivity (Wildman–Crippen MR) is 252 cm³/mol. The molecule has 0 radical (unpaired) electrons. The summed E-state index contributed by atoms with van der Waals surface area (Å²) in [5, 5.41) is 2.22. The molecule has 0 aliphatic heterocycles. The minimum absolute atomic E-state index is 0.333. The molecule has 0 aliphatic carbocycles. The molecule has 60 heavy (non-hydrogen) atoms. The second-order valence-electron chi connectivity index (χ2n) is 16.8. The molecule has 0 saturated heterocycles. The van der Waals surface area contributed by atoms with Gasteiger partial charge in [-0.25, -0.2) is 4.57 Å². The first-order valence-corrected chi connectivity index (χ1v) is 21.2. The second kappa shape index (κ2) is 15.0. The van der Waals surface area contributed by atoms with Crippen molar-refractivity contribution < 1.29 is 8.98 Å². The van der Waals surface area contributed by atoms with Crippen LogP contribution in [0.1, 0.15) is 56.2 Å². The topological polar surface area (TPSA) is 21.9 Å². The van der Waals surface area contributed by atoms with Crippen LogP contribution < -0.4 is 4.57 Å². The fourth-order valence-electron chi connectivity index (χ4n) is 9.25. The van der Waals surface area contributed by atoms with Crippen molar-refractivity contribution in [3.05, 3.63) is 193 Å². The van der Waals surface area contributed by atoms with Crippen LogP contribution in [0.25, 0.3) is 94.6 Å². The van der Waals surface area contributed by atoms with Crippen LogP contribution in [0.4, 0.5) is 0 Å². The number of imidazole rings is 1. The maximum Gasteiger partial charge on any atom is 0.299 e. The van der Waals surface area contributed by atoms with E-state index in [1.807, 2.05) is 0 Å². The van der Waals surface area contributed by atoms with Crippen molar-refractivity contribution in [2.24, 2.45) is 7.05 Å². The Morgan fingerprint density at radius 3 is 1.57 bits per heavy atom. The SMILES string of the molecule is Cc1ccc2c(oc3c(-c4ccc(-c5ccc(-c6ccccc6)cc5)cc4)cc(-c4ccccc4)cc32)c1-c1n(-c2c(C(C)C)cccc2C(C)C)c2ccccc2[n+]1C. The van der Waals surface area contributed by atoms with E-state index in [9.17, 15) is 0 Å². The molecule has 0 spiro atoms. The molecule has 0 saturated carbocycles. The molecule has 0 amide bonds. The standard InChI is InChI=1S/C57H49N2O/c1-36(2)46-20-15-21-47(37(3)4)54(46)59-52-23-14-13-22-51(52)58(6)57(59)53-38(5)24-33-48-50-35-45(40-18-11-8-12-19-40)34-49(55(50)60-56(48)53)44-31-29-43(30-32-44)42-27-25-41(26-28-42)39-16-9-7-10-17-39/h7-37H,1-6H3/q+1. The van der Waals surface area contributed by atoms with Gasteiger partial charge in [0, 0.05) is 27.5 Å². The molecule has 3 nitrogen and oxygen atoms in total. The van der Waals surface area contributed by atoms with Gasteiger partial charge in [-0.05, 0) is 87.5 Å². The van der Waals surface area contributed by atoms with Gasteiger partial charge in [-0.2, -0.15) is 4.57 Å². The van der Waals surface area contributed by atoms with E-state index in [0.29, 0.717) is 11.8 Å². The van der Waals surface area contributed by atoms with E-state index in [4.69, 9.17) is 4.42 Å². The Labute approximate surface area is 352 Å². The number of hydrogen-bond donors (Lipinski definition) is 0. The summed E-state index contributed by atoms with van der Waals surface area (Å²) in [5.74, 6) is 1.78. The highest BCUT2D eigenvalue weighted by Crippen LogP contribution is 2.45. The predicted octanol–water partition coefficient (Wildman–Crippen LogP) is 15.2. The van der Waals surface area contributed by atoms with Crippen LogP contribution in [0.3, 0.4) is 0 Å². The first-order valence-electron chi connectivity index (χ1n) is 21.2. The van der Waals surface area contributed by atoms with Crippen molar-refractivity contribution in [3.8, 4) is 61.6 Å². The van der Waals surface area contributed by atoms with E-state index in [2.05, 4.69) is 227 Å². The quantitative estimate of drug-likeness (QED) is 0.141. The summed E-state index contributed by atoms with van der Waals surface area (Å²) < 4.78 is 12.2. The lowest BCUT2D eigenvalue weighted by atomic mass is 9.92. The van der Waals surface area contributed by atoms with Gasteiger partial charge >= 0.3 is 0 Å². The van der Waals surface area contributed by atoms with Crippen LogP contribution >= 0.6 is 0 Å². The van der Waals surface area contributed by atoms with Crippen molar-refractivity contribution in [2.45, 2.75) is 46.5 Å². The molecule has 0 aliphatic rings. The number of hydrogen-bond acceptors (Lipinski definition) is 1. The number of rotatable bonds is 8. The Kier molecular flexibility index (Phi) is 9.33. The van der Waals surface area contributed by atoms with E-state index < -0.39 is 0 Å². The minimum Gasteiger partial charge on any atom is -0.454 e. The summed E-state index contributed by atoms with van der Waals surface area (Å²) in [6, 6.07) is 63.9. The molecule has 0 N–H and O–H groups in total. The Bertz CT molecular complexity index is 3160. The van der Waals surface area contributed by atoms with Crippen molar-refractivity contribution in [1.82, 2.24) is 4.57 Å². The van der Waals surface area contributed by atoms with E-state index in [0.717, 1.165) is 50.0 Å². The van der Waals surface area contributed by atoms with Gasteiger partial charge in [0.05, 0.1) is 7.05 Å². The first-order chi connectivity index (χ1) is 29.3. The van der Waals surface area contributed by atoms with Gasteiger partial charge in [-0.1, -0.05) is 179 Å². The van der Waals surface area contributed by atoms with E-state index in [1.54, 1.807) is 0 Å². The third-order valence-electron chi connectivity index (χ3n) is 12.4. The Morgan fingerprint density at radius 2 is 0.983 bits per heavy atom. The van der Waals surface area contributed by atoms with Gasteiger partial charge in [0.25, 0.3) is 5.82 Å². The number of benzene rings is 8. The fourth-order valence-corrected chi connectivity index (χ4v) is 9.25. The van der Waals surface area contributed by atoms with Crippen molar-refractivity contribution in [3.63, 3.8) is 0 Å². The summed E-state index contributed by atoms with van der Waals surface area (Å²) in [6.07, 6.45) is 0. The van der Waals surface area contributed by atoms with Gasteiger partial charge in [0.1, 0.15) is 16.8 Å². The average molecular weight is 778 g/mol. The van der Waals surface area contributed by atoms with Gasteiger partial charge in [0.2, 0.25) is 0 Å². The fraction of sp³-hybridized carbons (Fsp3) is 0.140. The maximum atomic E-state index is 7.34. The zero-order valence-corrected chi connectivity index (χ0v) is 35.2. The smallest absolute Gasteiger partial charge is 0.299 e. The van der Waals surface area contributed by atoms with Gasteiger partial charge in [-0.15, -0.1) is 0 Å². The molecule has 3 heteroatoms. The molecule has 2 heterocycles. The number of nitrogens with zero attached hydrogens (tertiary/aromatic N) is 2. The number of fused-ring (bicyclic) bond motifs is 4. The number of aromatic nitrogens is 2. The van der Waals surface area contributed by atoms with Crippen LogP contribution in [0.2, 0.25) is 0 Å². The van der Waals surface area contributed by atoms with E-state index in [-0.39, 0.29) is 0 Å². The first kappa shape index (κ1) is 37.3. The molecule has 8 aromatic carbocycles. The van der Waals surface area contributed by atoms with Crippen LogP contribution in [0.15, 0.2) is 180 Å². The Hall–Kier alpha value is -6.97. The third kappa shape index (κ3) is 6.24. The zero-order chi connectivity index (χ0) is 41.1. The maximum absolute atomic E-state index is 7.34. The number of aryl methyl sites for hydroxylation is 2. The van der Waals surface area contributed by atoms with Crippen molar-refractivity contribution in [2.75, 3.05) is 0 Å². The second-order valence-corrected chi connectivity index (χ2v) is 16.8. The monoisotopic (exact) mass is 777 g/mol. The summed E-state index contributed by atoms with van der Waals surface area (Å²) in [7, 11) is 2.21. The highest BCUT2D eigenvalue weighted by molar-refractivity contribution is 6.14. The molecule has 0 fully saturated rings. The van der Waals surface area contributed by atoms with Gasteiger partial charge in [-0.3, -0.25) is 0 Å². The number of furan rings is 1. The molecule has 10 aromatic rings. The molecular weight excluding hydrogens is 729 g/mol. The number of para-hydroxylation sites is 3. The molecule has 2 aromatic heterocycles. The lowest BCUT2D eigenvalue weighted by Gasteiger charge is -2.18. The van der Waals surface area contributed by atoms with Crippen molar-refractivity contribution in [1.29, 1.82) is 0 Å². The normalized spacial score (nSPS) is 11.8. The Morgan fingerprint density at radius 1 is 0.467 bits per heavy atom. The van der Waals surface area contributed by atoms with Gasteiger partial charge in [0.15, 0.2) is 16.6 Å². The van der Waals surface area contributed by atoms with Crippen molar-refractivity contribution >= 4 is 33.0 Å². The largest absolute Gasteiger partial charge is 0.454 e. The van der Waals surface area contributed by atoms with E-state index in [1.165, 1.54) is 61.2 Å². The molecule has 0 bridgehead atoms. The van der Waals surface area contributed by atoms with Crippen LogP contribution in [0.5, 0.6) is 0 Å².